The van der Waals surface area contributed by atoms with E-state index in [2.05, 4.69) is 38.0 Å². The van der Waals surface area contributed by atoms with Crippen LogP contribution in [0.5, 0.6) is 0 Å². The molecule has 0 aromatic carbocycles. The first kappa shape index (κ1) is 16.4. The summed E-state index contributed by atoms with van der Waals surface area (Å²) in [6.07, 6.45) is 5.76. The van der Waals surface area contributed by atoms with Gasteiger partial charge in [0.25, 0.3) is 0 Å². The summed E-state index contributed by atoms with van der Waals surface area (Å²) in [4.78, 5) is 9.43. The van der Waals surface area contributed by atoms with Crippen LogP contribution in [0, 0.1) is 6.92 Å². The number of methoxy groups -OCH3 is 1. The number of hydrogen-bond acceptors (Lipinski definition) is 4. The number of aromatic nitrogens is 2. The first-order valence-electron chi connectivity index (χ1n) is 8.05. The average molecular weight is 291 g/mol. The van der Waals surface area contributed by atoms with E-state index in [1.165, 1.54) is 29.8 Å². The van der Waals surface area contributed by atoms with Gasteiger partial charge in [-0.05, 0) is 65.4 Å². The molecule has 0 saturated carbocycles. The Bertz CT molecular complexity index is 485. The summed E-state index contributed by atoms with van der Waals surface area (Å²) in [6, 6.07) is 0.375. The van der Waals surface area contributed by atoms with Gasteiger partial charge in [-0.2, -0.15) is 0 Å². The van der Waals surface area contributed by atoms with Crippen LogP contribution in [0.25, 0.3) is 0 Å². The normalized spacial score (nSPS) is 16.6. The lowest BCUT2D eigenvalue weighted by Gasteiger charge is -2.27. The molecule has 0 saturated heterocycles. The van der Waals surface area contributed by atoms with E-state index < -0.39 is 0 Å². The third kappa shape index (κ3) is 4.48. The Kier molecular flexibility index (Phi) is 5.33. The molecule has 1 aliphatic carbocycles. The summed E-state index contributed by atoms with van der Waals surface area (Å²) < 4.78 is 5.48. The van der Waals surface area contributed by atoms with Gasteiger partial charge in [0, 0.05) is 24.5 Å². The lowest BCUT2D eigenvalue weighted by Crippen LogP contribution is -2.35. The van der Waals surface area contributed by atoms with Crippen molar-refractivity contribution in [2.75, 3.05) is 7.11 Å². The minimum atomic E-state index is -0.0982. The number of nitrogens with zero attached hydrogens (tertiary/aromatic N) is 2. The Labute approximate surface area is 128 Å². The van der Waals surface area contributed by atoms with Crippen molar-refractivity contribution < 1.29 is 4.74 Å². The molecule has 4 nitrogen and oxygen atoms in total. The number of hydrogen-bond donors (Lipinski definition) is 1. The maximum atomic E-state index is 5.48. The van der Waals surface area contributed by atoms with Gasteiger partial charge >= 0.3 is 0 Å². The predicted octanol–water partition coefficient (Wildman–Crippen LogP) is 2.96. The zero-order valence-corrected chi connectivity index (χ0v) is 14.1. The van der Waals surface area contributed by atoms with E-state index in [1.54, 1.807) is 7.11 Å². The average Bonchev–Trinajstić information content (AvgIpc) is 2.45. The molecule has 0 radical (unpaired) electrons. The van der Waals surface area contributed by atoms with Crippen molar-refractivity contribution in [3.05, 3.63) is 22.8 Å². The van der Waals surface area contributed by atoms with Crippen LogP contribution in [0.3, 0.4) is 0 Å². The SMILES string of the molecule is COC(C)(C)CC(C)NCc1nc(C)c2c(n1)CCCC2. The molecular weight excluding hydrogens is 262 g/mol. The van der Waals surface area contributed by atoms with Crippen LogP contribution < -0.4 is 5.32 Å². The fourth-order valence-electron chi connectivity index (χ4n) is 3.08. The van der Waals surface area contributed by atoms with E-state index in [1.807, 2.05) is 0 Å². The quantitative estimate of drug-likeness (QED) is 0.875. The summed E-state index contributed by atoms with van der Waals surface area (Å²) in [5, 5.41) is 3.52. The van der Waals surface area contributed by atoms with E-state index in [0.717, 1.165) is 31.6 Å². The lowest BCUT2D eigenvalue weighted by molar-refractivity contribution is 0.00839. The Balaban J connectivity index is 1.96. The van der Waals surface area contributed by atoms with E-state index in [0.29, 0.717) is 6.04 Å². The predicted molar refractivity (Wildman–Crippen MR) is 85.4 cm³/mol. The van der Waals surface area contributed by atoms with E-state index in [9.17, 15) is 0 Å². The van der Waals surface area contributed by atoms with Gasteiger partial charge in [-0.15, -0.1) is 0 Å². The standard InChI is InChI=1S/C17H29N3O/c1-12(10-17(3,4)21-5)18-11-16-19-13(2)14-8-6-7-9-15(14)20-16/h12,18H,6-11H2,1-5H3. The van der Waals surface area contributed by atoms with E-state index >= 15 is 0 Å². The smallest absolute Gasteiger partial charge is 0.142 e. The van der Waals surface area contributed by atoms with Crippen molar-refractivity contribution in [2.45, 2.75) is 78.0 Å². The number of aryl methyl sites for hydroxylation is 2. The van der Waals surface area contributed by atoms with Crippen LogP contribution in [0.4, 0.5) is 0 Å². The van der Waals surface area contributed by atoms with Crippen molar-refractivity contribution in [2.24, 2.45) is 0 Å². The third-order valence-corrected chi connectivity index (χ3v) is 4.40. The van der Waals surface area contributed by atoms with Crippen LogP contribution >= 0.6 is 0 Å². The van der Waals surface area contributed by atoms with E-state index in [4.69, 9.17) is 9.72 Å². The molecule has 1 aliphatic rings. The number of nitrogens with one attached hydrogen (secondary N) is 1. The van der Waals surface area contributed by atoms with Gasteiger partial charge in [-0.1, -0.05) is 0 Å². The van der Waals surface area contributed by atoms with E-state index in [-0.39, 0.29) is 5.60 Å². The van der Waals surface area contributed by atoms with Gasteiger partial charge in [0.1, 0.15) is 5.82 Å². The highest BCUT2D eigenvalue weighted by atomic mass is 16.5. The molecule has 0 bridgehead atoms. The molecule has 1 aromatic heterocycles. The van der Waals surface area contributed by atoms with Crippen molar-refractivity contribution in [1.29, 1.82) is 0 Å². The van der Waals surface area contributed by atoms with Crippen LogP contribution in [0.1, 0.15) is 62.8 Å². The van der Waals surface area contributed by atoms with Gasteiger partial charge in [0.2, 0.25) is 0 Å². The second-order valence-corrected chi connectivity index (χ2v) is 6.81. The molecule has 0 aliphatic heterocycles. The Morgan fingerprint density at radius 1 is 1.24 bits per heavy atom. The highest BCUT2D eigenvalue weighted by molar-refractivity contribution is 5.27. The highest BCUT2D eigenvalue weighted by Crippen LogP contribution is 2.21. The molecule has 1 aromatic rings. The summed E-state index contributed by atoms with van der Waals surface area (Å²) in [5.74, 6) is 0.926. The van der Waals surface area contributed by atoms with Gasteiger partial charge in [-0.25, -0.2) is 9.97 Å². The molecule has 1 unspecified atom stereocenters. The summed E-state index contributed by atoms with van der Waals surface area (Å²) in [7, 11) is 1.77. The van der Waals surface area contributed by atoms with Crippen molar-refractivity contribution in [3.8, 4) is 0 Å². The van der Waals surface area contributed by atoms with Gasteiger partial charge in [-0.3, -0.25) is 0 Å². The third-order valence-electron chi connectivity index (χ3n) is 4.40. The fourth-order valence-corrected chi connectivity index (χ4v) is 3.08. The molecule has 0 amide bonds. The number of fused-ring (bicyclic) bond motifs is 1. The molecule has 1 atom stereocenters. The van der Waals surface area contributed by atoms with Crippen LogP contribution in [-0.2, 0) is 24.1 Å². The second-order valence-electron chi connectivity index (χ2n) is 6.81. The molecular formula is C17H29N3O. The Hall–Kier alpha value is -1.00. The Morgan fingerprint density at radius 2 is 1.95 bits per heavy atom. The molecule has 0 fully saturated rings. The maximum Gasteiger partial charge on any atom is 0.142 e. The number of ether oxygens (including phenoxy) is 1. The van der Waals surface area contributed by atoms with Crippen LogP contribution in [0.2, 0.25) is 0 Å². The van der Waals surface area contributed by atoms with Gasteiger partial charge < -0.3 is 10.1 Å². The summed E-state index contributed by atoms with van der Waals surface area (Å²) in [6.45, 7) is 9.27. The zero-order chi connectivity index (χ0) is 15.5. The van der Waals surface area contributed by atoms with Crippen LogP contribution in [0.15, 0.2) is 0 Å². The van der Waals surface area contributed by atoms with Gasteiger partial charge in [0.15, 0.2) is 0 Å². The minimum Gasteiger partial charge on any atom is -0.379 e. The summed E-state index contributed by atoms with van der Waals surface area (Å²) >= 11 is 0. The topological polar surface area (TPSA) is 47.0 Å². The molecule has 1 N–H and O–H groups in total. The van der Waals surface area contributed by atoms with Crippen molar-refractivity contribution in [1.82, 2.24) is 15.3 Å². The Morgan fingerprint density at radius 3 is 2.67 bits per heavy atom. The second kappa shape index (κ2) is 6.84. The van der Waals surface area contributed by atoms with Gasteiger partial charge in [0.05, 0.1) is 12.1 Å². The zero-order valence-electron chi connectivity index (χ0n) is 14.1. The molecule has 4 heteroatoms. The largest absolute Gasteiger partial charge is 0.379 e. The highest BCUT2D eigenvalue weighted by Gasteiger charge is 2.20. The first-order valence-corrected chi connectivity index (χ1v) is 8.05. The summed E-state index contributed by atoms with van der Waals surface area (Å²) in [5.41, 5.74) is 3.73. The lowest BCUT2D eigenvalue weighted by atomic mass is 9.95. The van der Waals surface area contributed by atoms with Crippen LogP contribution in [-0.4, -0.2) is 28.7 Å². The fraction of sp³-hybridized carbons (Fsp3) is 0.765. The molecule has 0 spiro atoms. The molecule has 21 heavy (non-hydrogen) atoms. The van der Waals surface area contributed by atoms with Crippen molar-refractivity contribution in [3.63, 3.8) is 0 Å². The molecule has 118 valence electrons. The maximum absolute atomic E-state index is 5.48. The molecule has 2 rings (SSSR count). The first-order chi connectivity index (χ1) is 9.91. The number of rotatable bonds is 6. The monoisotopic (exact) mass is 291 g/mol. The molecule has 1 heterocycles. The minimum absolute atomic E-state index is 0.0982. The van der Waals surface area contributed by atoms with Crippen molar-refractivity contribution >= 4 is 0 Å².